The molecule has 1 fully saturated rings. The molecule has 2 aromatic rings. The van der Waals surface area contributed by atoms with Gasteiger partial charge in [0.25, 0.3) is 0 Å². The van der Waals surface area contributed by atoms with Crippen molar-refractivity contribution in [3.63, 3.8) is 0 Å². The molecular formula is C19H21NS2. The average Bonchev–Trinajstić information content (AvgIpc) is 2.62. The van der Waals surface area contributed by atoms with Gasteiger partial charge >= 0.3 is 0 Å². The van der Waals surface area contributed by atoms with Crippen molar-refractivity contribution in [3.8, 4) is 11.1 Å². The van der Waals surface area contributed by atoms with Crippen LogP contribution < -0.4 is 5.32 Å². The lowest BCUT2D eigenvalue weighted by atomic mass is 9.90. The molecule has 1 saturated heterocycles. The van der Waals surface area contributed by atoms with Gasteiger partial charge in [-0.1, -0.05) is 73.2 Å². The standard InChI is InChI=1S/C19H21NS2/c1-20-18(21)19(13-5-6-14-22-19)17-11-9-16(10-12-17)15-7-3-2-4-8-15/h2-4,7-12H,5-6,13-14H2,1H3,(H,20,21). The van der Waals surface area contributed by atoms with Gasteiger partial charge in [-0.05, 0) is 35.3 Å². The van der Waals surface area contributed by atoms with E-state index in [2.05, 4.69) is 59.9 Å². The summed E-state index contributed by atoms with van der Waals surface area (Å²) in [6.07, 6.45) is 3.66. The molecule has 1 atom stereocenters. The summed E-state index contributed by atoms with van der Waals surface area (Å²) in [5.74, 6) is 1.18. The van der Waals surface area contributed by atoms with Crippen LogP contribution in [0.2, 0.25) is 0 Å². The molecule has 0 aromatic heterocycles. The minimum Gasteiger partial charge on any atom is -0.381 e. The third kappa shape index (κ3) is 2.92. The Kier molecular flexibility index (Phi) is 4.84. The first kappa shape index (κ1) is 15.6. The summed E-state index contributed by atoms with van der Waals surface area (Å²) in [6.45, 7) is 0. The van der Waals surface area contributed by atoms with Crippen molar-refractivity contribution in [2.45, 2.75) is 24.0 Å². The first-order chi connectivity index (χ1) is 10.8. The SMILES string of the molecule is CNC(=S)C1(c2ccc(-c3ccccc3)cc2)CCCCS1. The van der Waals surface area contributed by atoms with Gasteiger partial charge < -0.3 is 5.32 Å². The Balaban J connectivity index is 1.94. The summed E-state index contributed by atoms with van der Waals surface area (Å²) in [7, 11) is 1.94. The molecule has 2 aromatic carbocycles. The van der Waals surface area contributed by atoms with Crippen molar-refractivity contribution < 1.29 is 0 Å². The fraction of sp³-hybridized carbons (Fsp3) is 0.316. The van der Waals surface area contributed by atoms with Crippen LogP contribution >= 0.6 is 24.0 Å². The summed E-state index contributed by atoms with van der Waals surface area (Å²) in [4.78, 5) is 0.963. The summed E-state index contributed by atoms with van der Waals surface area (Å²) in [6, 6.07) is 19.5. The average molecular weight is 328 g/mol. The second-order valence-electron chi connectivity index (χ2n) is 5.66. The fourth-order valence-electron chi connectivity index (χ4n) is 3.10. The van der Waals surface area contributed by atoms with E-state index < -0.39 is 0 Å². The van der Waals surface area contributed by atoms with Crippen LogP contribution in [0, 0.1) is 0 Å². The number of rotatable bonds is 3. The van der Waals surface area contributed by atoms with Crippen molar-refractivity contribution in [1.82, 2.24) is 5.32 Å². The molecular weight excluding hydrogens is 306 g/mol. The second kappa shape index (κ2) is 6.84. The molecule has 0 amide bonds. The summed E-state index contributed by atoms with van der Waals surface area (Å²) >= 11 is 7.66. The lowest BCUT2D eigenvalue weighted by Gasteiger charge is -2.37. The molecule has 1 unspecified atom stereocenters. The summed E-state index contributed by atoms with van der Waals surface area (Å²) in [5.41, 5.74) is 3.85. The molecule has 22 heavy (non-hydrogen) atoms. The lowest BCUT2D eigenvalue weighted by molar-refractivity contribution is 0.622. The van der Waals surface area contributed by atoms with Crippen LogP contribution in [0.15, 0.2) is 54.6 Å². The van der Waals surface area contributed by atoms with Gasteiger partial charge in [-0.3, -0.25) is 0 Å². The smallest absolute Gasteiger partial charge is 0.0959 e. The van der Waals surface area contributed by atoms with Crippen molar-refractivity contribution in [2.75, 3.05) is 12.8 Å². The molecule has 1 aliphatic rings. The third-order valence-electron chi connectivity index (χ3n) is 4.32. The van der Waals surface area contributed by atoms with Crippen LogP contribution in [0.5, 0.6) is 0 Å². The zero-order valence-electron chi connectivity index (χ0n) is 12.8. The highest BCUT2D eigenvalue weighted by Gasteiger charge is 2.38. The van der Waals surface area contributed by atoms with Crippen LogP contribution in [0.4, 0.5) is 0 Å². The highest BCUT2D eigenvalue weighted by atomic mass is 32.2. The van der Waals surface area contributed by atoms with E-state index in [1.165, 1.54) is 35.3 Å². The van der Waals surface area contributed by atoms with Crippen LogP contribution in [0.3, 0.4) is 0 Å². The number of likely N-dealkylation sites (N-methyl/N-ethyl adjacent to an activating group) is 1. The predicted molar refractivity (Wildman–Crippen MR) is 102 cm³/mol. The molecule has 1 aliphatic heterocycles. The first-order valence-electron chi connectivity index (χ1n) is 7.78. The molecule has 1 nitrogen and oxygen atoms in total. The minimum atomic E-state index is -0.0441. The quantitative estimate of drug-likeness (QED) is 0.796. The van der Waals surface area contributed by atoms with Gasteiger partial charge in [0.05, 0.1) is 9.74 Å². The van der Waals surface area contributed by atoms with E-state index in [1.54, 1.807) is 0 Å². The molecule has 0 saturated carbocycles. The van der Waals surface area contributed by atoms with Gasteiger partial charge in [0.1, 0.15) is 0 Å². The number of hydrogen-bond donors (Lipinski definition) is 1. The highest BCUT2D eigenvalue weighted by Crippen LogP contribution is 2.46. The van der Waals surface area contributed by atoms with E-state index in [1.807, 2.05) is 18.8 Å². The van der Waals surface area contributed by atoms with Crippen LogP contribution in [0.1, 0.15) is 24.8 Å². The molecule has 3 heteroatoms. The molecule has 1 heterocycles. The molecule has 0 bridgehead atoms. The van der Waals surface area contributed by atoms with Crippen molar-refractivity contribution in [2.24, 2.45) is 0 Å². The Bertz CT molecular complexity index is 628. The number of thiocarbonyl (C=S) groups is 1. The number of nitrogens with one attached hydrogen (secondary N) is 1. The third-order valence-corrected chi connectivity index (χ3v) is 6.64. The van der Waals surface area contributed by atoms with Crippen molar-refractivity contribution >= 4 is 29.0 Å². The van der Waals surface area contributed by atoms with Crippen LogP contribution in [0.25, 0.3) is 11.1 Å². The first-order valence-corrected chi connectivity index (χ1v) is 9.18. The fourth-order valence-corrected chi connectivity index (χ4v) is 5.02. The van der Waals surface area contributed by atoms with Crippen LogP contribution in [-0.2, 0) is 4.75 Å². The van der Waals surface area contributed by atoms with E-state index >= 15 is 0 Å². The Labute approximate surface area is 142 Å². The number of thioether (sulfide) groups is 1. The zero-order chi connectivity index (χ0) is 15.4. The summed E-state index contributed by atoms with van der Waals surface area (Å²) < 4.78 is -0.0441. The minimum absolute atomic E-state index is 0.0441. The van der Waals surface area contributed by atoms with E-state index in [9.17, 15) is 0 Å². The highest BCUT2D eigenvalue weighted by molar-refractivity contribution is 8.02. The molecule has 0 spiro atoms. The topological polar surface area (TPSA) is 12.0 Å². The molecule has 1 N–H and O–H groups in total. The maximum atomic E-state index is 5.66. The maximum absolute atomic E-state index is 5.66. The normalized spacial score (nSPS) is 21.3. The van der Waals surface area contributed by atoms with E-state index in [4.69, 9.17) is 12.2 Å². The molecule has 114 valence electrons. The van der Waals surface area contributed by atoms with Crippen molar-refractivity contribution in [3.05, 3.63) is 60.2 Å². The molecule has 0 radical (unpaired) electrons. The summed E-state index contributed by atoms with van der Waals surface area (Å²) in [5, 5.41) is 3.23. The van der Waals surface area contributed by atoms with Gasteiger partial charge in [0.2, 0.25) is 0 Å². The zero-order valence-corrected chi connectivity index (χ0v) is 14.5. The van der Waals surface area contributed by atoms with Crippen LogP contribution in [-0.4, -0.2) is 17.8 Å². The lowest BCUT2D eigenvalue weighted by Crippen LogP contribution is -2.40. The van der Waals surface area contributed by atoms with Gasteiger partial charge in [-0.2, -0.15) is 0 Å². The Morgan fingerprint density at radius 2 is 1.68 bits per heavy atom. The van der Waals surface area contributed by atoms with Gasteiger partial charge in [0.15, 0.2) is 0 Å². The number of hydrogen-bond acceptors (Lipinski definition) is 2. The van der Waals surface area contributed by atoms with Crippen molar-refractivity contribution in [1.29, 1.82) is 0 Å². The van der Waals surface area contributed by atoms with Gasteiger partial charge in [0, 0.05) is 7.05 Å². The Morgan fingerprint density at radius 3 is 2.27 bits per heavy atom. The Morgan fingerprint density at radius 1 is 1.00 bits per heavy atom. The maximum Gasteiger partial charge on any atom is 0.0959 e. The predicted octanol–water partition coefficient (Wildman–Crippen LogP) is 5.01. The van der Waals surface area contributed by atoms with E-state index in [-0.39, 0.29) is 4.75 Å². The van der Waals surface area contributed by atoms with E-state index in [0.29, 0.717) is 0 Å². The largest absolute Gasteiger partial charge is 0.381 e. The van der Waals surface area contributed by atoms with Gasteiger partial charge in [-0.25, -0.2) is 0 Å². The molecule has 3 rings (SSSR count). The second-order valence-corrected chi connectivity index (χ2v) is 7.46. The monoisotopic (exact) mass is 327 g/mol. The van der Waals surface area contributed by atoms with Gasteiger partial charge in [-0.15, -0.1) is 11.8 Å². The molecule has 0 aliphatic carbocycles. The number of benzene rings is 2. The van der Waals surface area contributed by atoms with E-state index in [0.717, 1.165) is 11.4 Å². The Hall–Kier alpha value is -1.32.